The van der Waals surface area contributed by atoms with Gasteiger partial charge in [0.1, 0.15) is 5.82 Å². The number of benzene rings is 1. The van der Waals surface area contributed by atoms with Crippen molar-refractivity contribution in [1.82, 2.24) is 28.9 Å². The predicted octanol–water partition coefficient (Wildman–Crippen LogP) is 3.73. The molecule has 1 unspecified atom stereocenters. The van der Waals surface area contributed by atoms with Crippen LogP contribution in [0.25, 0.3) is 11.0 Å². The number of anilines is 3. The van der Waals surface area contributed by atoms with Crippen LogP contribution in [0.15, 0.2) is 47.6 Å². The van der Waals surface area contributed by atoms with Gasteiger partial charge in [0.25, 0.3) is 10.0 Å². The lowest BCUT2D eigenvalue weighted by Gasteiger charge is -2.16. The van der Waals surface area contributed by atoms with Gasteiger partial charge < -0.3 is 15.4 Å². The standard InChI is InChI=1S/C24H30N8O3S/c1-15-5-9-19(10-6-15)36(33,34)32-12-11-20-22(25-17(3)18-7-8-18)27-24(28-23(20)32)26-21-13-31(30-29-21)16(2)14-35-4/h5-6,9-13,16-18H,7-8,14H2,1-4H3,(H2,25,26,27,28)/t16?,17-/m0/s1. The Morgan fingerprint density at radius 1 is 1.14 bits per heavy atom. The van der Waals surface area contributed by atoms with E-state index in [9.17, 15) is 8.42 Å². The topological polar surface area (TPSA) is 129 Å². The summed E-state index contributed by atoms with van der Waals surface area (Å²) in [5, 5.41) is 15.5. The Morgan fingerprint density at radius 2 is 1.89 bits per heavy atom. The molecule has 2 N–H and O–H groups in total. The van der Waals surface area contributed by atoms with Crippen LogP contribution in [0.2, 0.25) is 0 Å². The third-order valence-corrected chi connectivity index (χ3v) is 8.07. The Kier molecular flexibility index (Phi) is 6.39. The summed E-state index contributed by atoms with van der Waals surface area (Å²) in [4.78, 5) is 9.44. The molecule has 1 saturated carbocycles. The van der Waals surface area contributed by atoms with Crippen molar-refractivity contribution in [1.29, 1.82) is 0 Å². The number of methoxy groups -OCH3 is 1. The Balaban J connectivity index is 1.55. The highest BCUT2D eigenvalue weighted by molar-refractivity contribution is 7.90. The van der Waals surface area contributed by atoms with E-state index in [1.165, 1.54) is 23.0 Å². The fourth-order valence-electron chi connectivity index (χ4n) is 4.09. The van der Waals surface area contributed by atoms with E-state index in [0.717, 1.165) is 5.56 Å². The number of aromatic nitrogens is 6. The fraction of sp³-hybridized carbons (Fsp3) is 0.417. The van der Waals surface area contributed by atoms with Gasteiger partial charge in [0.05, 0.1) is 29.1 Å². The maximum atomic E-state index is 13.5. The van der Waals surface area contributed by atoms with Gasteiger partial charge >= 0.3 is 0 Å². The van der Waals surface area contributed by atoms with Gasteiger partial charge in [0.2, 0.25) is 5.95 Å². The molecular weight excluding hydrogens is 480 g/mol. The first kappa shape index (κ1) is 24.2. The molecule has 1 aliphatic rings. The van der Waals surface area contributed by atoms with Crippen molar-refractivity contribution in [2.45, 2.75) is 50.6 Å². The lowest BCUT2D eigenvalue weighted by atomic mass is 10.2. The van der Waals surface area contributed by atoms with Crippen LogP contribution in [-0.2, 0) is 14.8 Å². The van der Waals surface area contributed by atoms with E-state index >= 15 is 0 Å². The summed E-state index contributed by atoms with van der Waals surface area (Å²) in [6.07, 6.45) is 5.59. The van der Waals surface area contributed by atoms with Crippen LogP contribution in [0.3, 0.4) is 0 Å². The molecule has 0 amide bonds. The number of aryl methyl sites for hydroxylation is 1. The van der Waals surface area contributed by atoms with Crippen LogP contribution in [0.4, 0.5) is 17.6 Å². The molecule has 0 radical (unpaired) electrons. The summed E-state index contributed by atoms with van der Waals surface area (Å²) in [5.74, 6) is 1.81. The van der Waals surface area contributed by atoms with Gasteiger partial charge in [0.15, 0.2) is 11.5 Å². The van der Waals surface area contributed by atoms with Crippen molar-refractivity contribution in [2.24, 2.45) is 5.92 Å². The van der Waals surface area contributed by atoms with Crippen LogP contribution in [-0.4, -0.2) is 57.1 Å². The van der Waals surface area contributed by atoms with Gasteiger partial charge in [-0.05, 0) is 57.7 Å². The third-order valence-electron chi connectivity index (χ3n) is 6.39. The summed E-state index contributed by atoms with van der Waals surface area (Å²) >= 11 is 0. The Labute approximate surface area is 209 Å². The van der Waals surface area contributed by atoms with Crippen LogP contribution >= 0.6 is 0 Å². The smallest absolute Gasteiger partial charge is 0.269 e. The molecule has 0 spiro atoms. The van der Waals surface area contributed by atoms with Gasteiger partial charge in [-0.25, -0.2) is 17.1 Å². The van der Waals surface area contributed by atoms with E-state index < -0.39 is 10.0 Å². The molecule has 4 aromatic rings. The number of nitrogens with one attached hydrogen (secondary N) is 2. The molecule has 0 bridgehead atoms. The molecule has 12 heteroatoms. The lowest BCUT2D eigenvalue weighted by molar-refractivity contribution is 0.156. The van der Waals surface area contributed by atoms with Gasteiger partial charge in [-0.2, -0.15) is 9.97 Å². The summed E-state index contributed by atoms with van der Waals surface area (Å²) in [6.45, 7) is 6.48. The van der Waals surface area contributed by atoms with Crippen molar-refractivity contribution in [3.05, 3.63) is 48.3 Å². The highest BCUT2D eigenvalue weighted by atomic mass is 32.2. The van der Waals surface area contributed by atoms with E-state index in [1.807, 2.05) is 13.8 Å². The molecule has 3 heterocycles. The van der Waals surface area contributed by atoms with Gasteiger partial charge in [-0.15, -0.1) is 5.10 Å². The van der Waals surface area contributed by atoms with Crippen molar-refractivity contribution in [3.8, 4) is 0 Å². The zero-order valence-corrected chi connectivity index (χ0v) is 21.5. The SMILES string of the molecule is COCC(C)n1cc(Nc2nc(N[C@@H](C)C3CC3)c3ccn(S(=O)(=O)c4ccc(C)cc4)c3n2)nn1. The average Bonchev–Trinajstić information content (AvgIpc) is 3.44. The number of ether oxygens (including phenoxy) is 1. The normalized spacial score (nSPS) is 15.7. The predicted molar refractivity (Wildman–Crippen MR) is 137 cm³/mol. The largest absolute Gasteiger partial charge is 0.382 e. The molecule has 1 aliphatic carbocycles. The number of hydrogen-bond donors (Lipinski definition) is 2. The molecule has 3 aromatic heterocycles. The molecule has 190 valence electrons. The van der Waals surface area contributed by atoms with Crippen molar-refractivity contribution < 1.29 is 13.2 Å². The van der Waals surface area contributed by atoms with Crippen LogP contribution in [0, 0.1) is 12.8 Å². The Hall–Kier alpha value is -3.51. The van der Waals surface area contributed by atoms with E-state index in [1.54, 1.807) is 48.3 Å². The lowest BCUT2D eigenvalue weighted by Crippen LogP contribution is -2.19. The molecule has 2 atom stereocenters. The molecule has 5 rings (SSSR count). The molecule has 1 aromatic carbocycles. The fourth-order valence-corrected chi connectivity index (χ4v) is 5.38. The van der Waals surface area contributed by atoms with Crippen LogP contribution < -0.4 is 10.6 Å². The maximum Gasteiger partial charge on any atom is 0.269 e. The minimum atomic E-state index is -3.87. The molecule has 11 nitrogen and oxygen atoms in total. The monoisotopic (exact) mass is 510 g/mol. The summed E-state index contributed by atoms with van der Waals surface area (Å²) in [6, 6.07) is 8.68. The van der Waals surface area contributed by atoms with E-state index in [4.69, 9.17) is 4.74 Å². The minimum Gasteiger partial charge on any atom is -0.382 e. The van der Waals surface area contributed by atoms with Crippen molar-refractivity contribution >= 4 is 38.6 Å². The van der Waals surface area contributed by atoms with Crippen LogP contribution in [0.1, 0.15) is 38.3 Å². The first-order chi connectivity index (χ1) is 17.3. The molecule has 36 heavy (non-hydrogen) atoms. The number of fused-ring (bicyclic) bond motifs is 1. The second-order valence-corrected chi connectivity index (χ2v) is 11.2. The Morgan fingerprint density at radius 3 is 2.58 bits per heavy atom. The molecule has 1 fully saturated rings. The first-order valence-corrected chi connectivity index (χ1v) is 13.4. The van der Waals surface area contributed by atoms with Crippen molar-refractivity contribution in [3.63, 3.8) is 0 Å². The van der Waals surface area contributed by atoms with Gasteiger partial charge in [-0.1, -0.05) is 22.9 Å². The van der Waals surface area contributed by atoms with E-state index in [-0.39, 0.29) is 28.6 Å². The van der Waals surface area contributed by atoms with Crippen molar-refractivity contribution in [2.75, 3.05) is 24.4 Å². The first-order valence-electron chi connectivity index (χ1n) is 11.9. The third kappa shape index (κ3) is 4.78. The highest BCUT2D eigenvalue weighted by Gasteiger charge is 2.29. The molecule has 0 aliphatic heterocycles. The Bertz CT molecular complexity index is 1480. The zero-order valence-electron chi connectivity index (χ0n) is 20.7. The maximum absolute atomic E-state index is 13.5. The zero-order chi connectivity index (χ0) is 25.4. The van der Waals surface area contributed by atoms with E-state index in [0.29, 0.717) is 29.5 Å². The number of hydrogen-bond acceptors (Lipinski definition) is 9. The molecule has 0 saturated heterocycles. The quantitative estimate of drug-likeness (QED) is 0.328. The summed E-state index contributed by atoms with van der Waals surface area (Å²) < 4.78 is 35.1. The molecular formula is C24H30N8O3S. The highest BCUT2D eigenvalue weighted by Crippen LogP contribution is 2.35. The summed E-state index contributed by atoms with van der Waals surface area (Å²) in [5.41, 5.74) is 1.26. The minimum absolute atomic E-state index is 0.00467. The second kappa shape index (κ2) is 9.51. The van der Waals surface area contributed by atoms with E-state index in [2.05, 4.69) is 37.8 Å². The summed E-state index contributed by atoms with van der Waals surface area (Å²) in [7, 11) is -2.23. The van der Waals surface area contributed by atoms with Crippen LogP contribution in [0.5, 0.6) is 0 Å². The van der Waals surface area contributed by atoms with Gasteiger partial charge in [0, 0.05) is 19.3 Å². The number of rotatable bonds is 10. The average molecular weight is 511 g/mol. The van der Waals surface area contributed by atoms with Gasteiger partial charge in [-0.3, -0.25) is 0 Å². The second-order valence-electron chi connectivity index (χ2n) is 9.35. The number of nitrogens with zero attached hydrogens (tertiary/aromatic N) is 6.